The van der Waals surface area contributed by atoms with E-state index < -0.39 is 20.3 Å². The van der Waals surface area contributed by atoms with Crippen LogP contribution in [0.25, 0.3) is 0 Å². The first-order valence-electron chi connectivity index (χ1n) is 9.06. The fourth-order valence-corrected chi connectivity index (χ4v) is 6.32. The summed E-state index contributed by atoms with van der Waals surface area (Å²) in [4.78, 5) is 0. The Kier molecular flexibility index (Phi) is 6.33. The Balaban J connectivity index is 1.73. The summed E-state index contributed by atoms with van der Waals surface area (Å²) in [7, 11) is -6.07. The summed E-state index contributed by atoms with van der Waals surface area (Å²) in [5.74, 6) is 0.575. The molecule has 2 aromatic rings. The predicted octanol–water partition coefficient (Wildman–Crippen LogP) is 3.32. The van der Waals surface area contributed by atoms with Crippen LogP contribution in [-0.4, -0.2) is 41.3 Å². The molecule has 0 radical (unpaired) electrons. The molecule has 7 nitrogen and oxygen atoms in total. The Hall–Kier alpha value is -1.62. The highest BCUT2D eigenvalue weighted by Gasteiger charge is 2.31. The third-order valence-electron chi connectivity index (χ3n) is 4.46. The first kappa shape index (κ1) is 21.1. The molecule has 0 aliphatic heterocycles. The van der Waals surface area contributed by atoms with Gasteiger partial charge in [-0.3, -0.25) is 4.31 Å². The van der Waals surface area contributed by atoms with E-state index in [-0.39, 0.29) is 9.96 Å². The second kappa shape index (κ2) is 8.40. The standard InChI is InChI=1S/C18H24N2O5S3/c1-3-12-20(14-15-6-7-15)28(23,24)25-17-10-8-16(9-11-17)19(2)27(21,22)18-5-4-13-26-18/h4-5,8-11,13,15H,3,6-7,12,14H2,1-2H3. The second-order valence-corrected chi connectivity index (χ2v) is 11.4. The van der Waals surface area contributed by atoms with Crippen molar-refractivity contribution in [3.63, 3.8) is 0 Å². The van der Waals surface area contributed by atoms with Gasteiger partial charge >= 0.3 is 10.3 Å². The van der Waals surface area contributed by atoms with Crippen LogP contribution in [-0.2, 0) is 20.3 Å². The van der Waals surface area contributed by atoms with E-state index in [1.165, 1.54) is 35.6 Å². The summed E-state index contributed by atoms with van der Waals surface area (Å²) < 4.78 is 58.4. The van der Waals surface area contributed by atoms with E-state index in [0.717, 1.165) is 28.5 Å². The van der Waals surface area contributed by atoms with Gasteiger partial charge in [-0.25, -0.2) is 8.42 Å². The maximum absolute atomic E-state index is 12.6. The monoisotopic (exact) mass is 444 g/mol. The molecule has 1 aromatic heterocycles. The summed E-state index contributed by atoms with van der Waals surface area (Å²) >= 11 is 1.14. The van der Waals surface area contributed by atoms with Crippen molar-refractivity contribution in [2.24, 2.45) is 5.92 Å². The third-order valence-corrected chi connectivity index (χ3v) is 8.99. The van der Waals surface area contributed by atoms with E-state index in [1.807, 2.05) is 6.92 Å². The summed E-state index contributed by atoms with van der Waals surface area (Å²) in [5.41, 5.74) is 0.418. The molecule has 1 fully saturated rings. The average Bonchev–Trinajstić information content (AvgIpc) is 3.29. The third kappa shape index (κ3) is 4.86. The van der Waals surface area contributed by atoms with Gasteiger partial charge in [0, 0.05) is 20.1 Å². The minimum absolute atomic E-state index is 0.155. The van der Waals surface area contributed by atoms with Gasteiger partial charge in [0.25, 0.3) is 10.0 Å². The van der Waals surface area contributed by atoms with Crippen LogP contribution in [0, 0.1) is 5.92 Å². The summed E-state index contributed by atoms with van der Waals surface area (Å²) in [6, 6.07) is 9.21. The zero-order valence-electron chi connectivity index (χ0n) is 15.8. The van der Waals surface area contributed by atoms with Gasteiger partial charge in [0.05, 0.1) is 5.69 Å². The largest absolute Gasteiger partial charge is 0.385 e. The number of hydrogen-bond donors (Lipinski definition) is 0. The van der Waals surface area contributed by atoms with E-state index in [2.05, 4.69) is 0 Å². The molecule has 1 aliphatic rings. The van der Waals surface area contributed by atoms with E-state index in [0.29, 0.717) is 31.1 Å². The highest BCUT2D eigenvalue weighted by Crippen LogP contribution is 2.31. The molecular weight excluding hydrogens is 420 g/mol. The van der Waals surface area contributed by atoms with Crippen molar-refractivity contribution in [1.82, 2.24) is 4.31 Å². The number of benzene rings is 1. The van der Waals surface area contributed by atoms with Gasteiger partial charge in [-0.2, -0.15) is 12.7 Å². The van der Waals surface area contributed by atoms with Gasteiger partial charge in [-0.05, 0) is 60.9 Å². The van der Waals surface area contributed by atoms with Gasteiger partial charge in [0.15, 0.2) is 0 Å². The molecule has 1 heterocycles. The Morgan fingerprint density at radius 3 is 2.32 bits per heavy atom. The Morgan fingerprint density at radius 1 is 1.11 bits per heavy atom. The summed E-state index contributed by atoms with van der Waals surface area (Å²) in [5, 5.41) is 1.70. The van der Waals surface area contributed by atoms with Gasteiger partial charge < -0.3 is 4.18 Å². The lowest BCUT2D eigenvalue weighted by Crippen LogP contribution is -2.36. The van der Waals surface area contributed by atoms with Crippen LogP contribution in [0.4, 0.5) is 5.69 Å². The molecule has 0 unspecified atom stereocenters. The fraction of sp³-hybridized carbons (Fsp3) is 0.444. The molecule has 0 spiro atoms. The lowest BCUT2D eigenvalue weighted by Gasteiger charge is -2.21. The molecule has 28 heavy (non-hydrogen) atoms. The molecule has 1 aliphatic carbocycles. The van der Waals surface area contributed by atoms with Crippen LogP contribution >= 0.6 is 11.3 Å². The lowest BCUT2D eigenvalue weighted by molar-refractivity contribution is 0.345. The molecule has 10 heteroatoms. The zero-order chi connectivity index (χ0) is 20.4. The number of sulfonamides is 1. The Bertz CT molecular complexity index is 982. The van der Waals surface area contributed by atoms with Crippen LogP contribution in [0.15, 0.2) is 46.0 Å². The van der Waals surface area contributed by atoms with Crippen molar-refractivity contribution in [1.29, 1.82) is 0 Å². The van der Waals surface area contributed by atoms with Crippen molar-refractivity contribution in [2.45, 2.75) is 30.4 Å². The second-order valence-electron chi connectivity index (χ2n) is 6.74. The normalized spacial score (nSPS) is 15.0. The molecule has 1 aromatic carbocycles. The smallest absolute Gasteiger partial charge is 0.371 e. The maximum Gasteiger partial charge on any atom is 0.385 e. The van der Waals surface area contributed by atoms with Gasteiger partial charge in [0.1, 0.15) is 9.96 Å². The molecule has 1 saturated carbocycles. The van der Waals surface area contributed by atoms with Crippen LogP contribution in [0.3, 0.4) is 0 Å². The topological polar surface area (TPSA) is 84.0 Å². The minimum atomic E-state index is -3.89. The van der Waals surface area contributed by atoms with Crippen LogP contribution in [0.1, 0.15) is 26.2 Å². The van der Waals surface area contributed by atoms with Crippen molar-refractivity contribution >= 4 is 37.4 Å². The number of hydrogen-bond acceptors (Lipinski definition) is 6. The SMILES string of the molecule is CCCN(CC1CC1)S(=O)(=O)Oc1ccc(N(C)S(=O)(=O)c2cccs2)cc1. The van der Waals surface area contributed by atoms with Crippen molar-refractivity contribution in [2.75, 3.05) is 24.4 Å². The predicted molar refractivity (Wildman–Crippen MR) is 110 cm³/mol. The van der Waals surface area contributed by atoms with Crippen LogP contribution in [0.5, 0.6) is 5.75 Å². The van der Waals surface area contributed by atoms with Crippen LogP contribution < -0.4 is 8.49 Å². The first-order valence-corrected chi connectivity index (χ1v) is 12.7. The van der Waals surface area contributed by atoms with Crippen molar-refractivity contribution in [3.05, 3.63) is 41.8 Å². The van der Waals surface area contributed by atoms with E-state index in [9.17, 15) is 16.8 Å². The molecule has 154 valence electrons. The quantitative estimate of drug-likeness (QED) is 0.561. The number of nitrogens with zero attached hydrogens (tertiary/aromatic N) is 2. The van der Waals surface area contributed by atoms with E-state index in [4.69, 9.17) is 4.18 Å². The molecule has 0 atom stereocenters. The van der Waals surface area contributed by atoms with Gasteiger partial charge in [-0.15, -0.1) is 11.3 Å². The molecule has 0 amide bonds. The molecule has 0 bridgehead atoms. The summed E-state index contributed by atoms with van der Waals surface area (Å²) in [6.07, 6.45) is 2.81. The highest BCUT2D eigenvalue weighted by atomic mass is 32.2. The number of thiophene rings is 1. The minimum Gasteiger partial charge on any atom is -0.371 e. The highest BCUT2D eigenvalue weighted by molar-refractivity contribution is 7.94. The summed E-state index contributed by atoms with van der Waals surface area (Å²) in [6.45, 7) is 2.82. The number of rotatable bonds is 10. The van der Waals surface area contributed by atoms with E-state index >= 15 is 0 Å². The Morgan fingerprint density at radius 2 is 1.79 bits per heavy atom. The Labute approximate surface area is 170 Å². The van der Waals surface area contributed by atoms with Crippen molar-refractivity contribution < 1.29 is 21.0 Å². The van der Waals surface area contributed by atoms with Crippen LogP contribution in [0.2, 0.25) is 0 Å². The molecule has 3 rings (SSSR count). The van der Waals surface area contributed by atoms with Gasteiger partial charge in [0.2, 0.25) is 0 Å². The maximum atomic E-state index is 12.6. The number of anilines is 1. The molecule has 0 saturated heterocycles. The molecule has 0 N–H and O–H groups in total. The van der Waals surface area contributed by atoms with Gasteiger partial charge in [-0.1, -0.05) is 13.0 Å². The fourth-order valence-electron chi connectivity index (χ4n) is 2.70. The first-order chi connectivity index (χ1) is 13.2. The zero-order valence-corrected chi connectivity index (χ0v) is 18.3. The van der Waals surface area contributed by atoms with E-state index in [1.54, 1.807) is 17.5 Å². The van der Waals surface area contributed by atoms with Crippen molar-refractivity contribution in [3.8, 4) is 5.75 Å². The lowest BCUT2D eigenvalue weighted by atomic mass is 10.3. The average molecular weight is 445 g/mol. The molecular formula is C18H24N2O5S3.